The SMILES string of the molecule is c1ccc(-c2ccc(-c3cc(-c4ccc(-c5cccc(-c6ccccc6)c5)cc4)nc(-c4cccc5ccccc45)n3)cc2)cc1.c1ccc(-c2ccc(-c3cc(-c4ccc(-c5cccc(-c6cccnc6)c5)cc4)nc(-c4cccc5ccccc45)n3)cc2)cc1.c1ccc(-c2ccc(-c3cc(-c4ccc(-c5cccc6c5oc5ccccc56)cc4)nc(-c4cccc5ccccc45)n3)cc2)cc1. The van der Waals surface area contributed by atoms with Crippen LogP contribution in [0, 0.1) is 0 Å². The molecule has 25 rings (SSSR count). The van der Waals surface area contributed by atoms with Crippen LogP contribution in [0.25, 0.3) is 245 Å². The van der Waals surface area contributed by atoms with E-state index in [1.807, 2.05) is 42.6 Å². The summed E-state index contributed by atoms with van der Waals surface area (Å²) < 4.78 is 6.33. The van der Waals surface area contributed by atoms with Crippen LogP contribution in [0.15, 0.2) is 532 Å². The van der Waals surface area contributed by atoms with E-state index >= 15 is 0 Å². The van der Waals surface area contributed by atoms with Crippen molar-refractivity contribution in [3.05, 3.63) is 528 Å². The second-order valence-electron chi connectivity index (χ2n) is 34.6. The summed E-state index contributed by atoms with van der Waals surface area (Å²) in [5.41, 5.74) is 35.1. The highest BCUT2D eigenvalue weighted by molar-refractivity contribution is 6.10. The maximum absolute atomic E-state index is 6.33. The number of para-hydroxylation sites is 2. The van der Waals surface area contributed by atoms with Gasteiger partial charge in [-0.15, -0.1) is 0 Å². The van der Waals surface area contributed by atoms with Gasteiger partial charge in [-0.3, -0.25) is 4.98 Å². The standard InChI is InChI=1S/C44H28N2O.C44H30N2.C43H29N3/c1-2-10-29(11-3-1)30-20-24-33(25-21-30)40-28-41(46-44(45-40)39-18-8-13-31-12-4-5-14-35(31)39)34-26-22-32(23-27-34)36-16-9-17-38-37-15-6-7-19-42(37)47-43(36)38;1-3-11-31(12-4-1)33-21-25-36(26-22-33)42-30-43(46-44(45-42)41-20-10-16-35-15-7-8-19-40(35)41)37-27-23-34(24-28-37)39-18-9-17-38(29-39)32-13-5-2-6-14-32;1-2-9-30(10-3-1)31-18-22-34(23-19-31)41-28-42(46-43(45-41)40-17-7-12-33-11-4-5-16-39(33)40)35-24-20-32(21-25-35)36-13-6-14-37(27-36)38-15-8-26-44-29-38/h1-28H;1-30H;1-29H. The minimum absolute atomic E-state index is 0.706. The molecule has 0 spiro atoms. The molecule has 8 nitrogen and oxygen atoms in total. The van der Waals surface area contributed by atoms with Crippen molar-refractivity contribution >= 4 is 54.3 Å². The molecule has 0 saturated carbocycles. The van der Waals surface area contributed by atoms with E-state index in [0.717, 1.165) is 167 Å². The average Bonchev–Trinajstić information content (AvgIpc) is 1.45. The van der Waals surface area contributed by atoms with Crippen molar-refractivity contribution in [2.45, 2.75) is 0 Å². The van der Waals surface area contributed by atoms with Gasteiger partial charge < -0.3 is 4.42 Å². The van der Waals surface area contributed by atoms with E-state index in [-0.39, 0.29) is 0 Å². The smallest absolute Gasteiger partial charge is 0.161 e. The van der Waals surface area contributed by atoms with Crippen LogP contribution in [0.5, 0.6) is 0 Å². The Labute approximate surface area is 806 Å². The van der Waals surface area contributed by atoms with Gasteiger partial charge in [0, 0.05) is 84.4 Å². The van der Waals surface area contributed by atoms with Crippen molar-refractivity contribution in [1.82, 2.24) is 34.9 Å². The first-order valence-electron chi connectivity index (χ1n) is 46.8. The average molecular weight is 1780 g/mol. The van der Waals surface area contributed by atoms with Gasteiger partial charge >= 0.3 is 0 Å². The van der Waals surface area contributed by atoms with Crippen LogP contribution in [-0.2, 0) is 0 Å². The second kappa shape index (κ2) is 38.5. The van der Waals surface area contributed by atoms with Crippen molar-refractivity contribution < 1.29 is 4.42 Å². The van der Waals surface area contributed by atoms with Gasteiger partial charge in [-0.05, 0) is 153 Å². The molecule has 20 aromatic carbocycles. The fraction of sp³-hybridized carbons (Fsp3) is 0. The Morgan fingerprint density at radius 3 is 0.712 bits per heavy atom. The molecule has 5 heterocycles. The molecule has 652 valence electrons. The maximum Gasteiger partial charge on any atom is 0.161 e. The fourth-order valence-electron chi connectivity index (χ4n) is 18.6. The zero-order valence-corrected chi connectivity index (χ0v) is 75.8. The van der Waals surface area contributed by atoms with Crippen molar-refractivity contribution in [3.63, 3.8) is 0 Å². The molecule has 0 atom stereocenters. The Balaban J connectivity index is 0.000000117. The predicted octanol–water partition coefficient (Wildman–Crippen LogP) is 34.5. The summed E-state index contributed by atoms with van der Waals surface area (Å²) in [5, 5.41) is 9.17. The fourth-order valence-corrected chi connectivity index (χ4v) is 18.6. The lowest BCUT2D eigenvalue weighted by molar-refractivity contribution is 0.670. The Morgan fingerprint density at radius 2 is 0.374 bits per heavy atom. The van der Waals surface area contributed by atoms with Crippen molar-refractivity contribution in [3.8, 4) is 191 Å². The van der Waals surface area contributed by atoms with Crippen LogP contribution in [0.1, 0.15) is 0 Å². The van der Waals surface area contributed by atoms with Gasteiger partial charge in [0.2, 0.25) is 0 Å². The van der Waals surface area contributed by atoms with Crippen LogP contribution < -0.4 is 0 Å². The normalized spacial score (nSPS) is 11.2. The molecule has 0 N–H and O–H groups in total. The van der Waals surface area contributed by atoms with Crippen LogP contribution in [0.4, 0.5) is 0 Å². The summed E-state index contributed by atoms with van der Waals surface area (Å²) in [6.07, 6.45) is 3.70. The van der Waals surface area contributed by atoms with Crippen molar-refractivity contribution in [1.29, 1.82) is 0 Å². The number of nitrogens with zero attached hydrogens (tertiary/aromatic N) is 7. The third kappa shape index (κ3) is 18.1. The van der Waals surface area contributed by atoms with Gasteiger partial charge in [-0.25, -0.2) is 29.9 Å². The lowest BCUT2D eigenvalue weighted by atomic mass is 9.97. The zero-order valence-electron chi connectivity index (χ0n) is 75.8. The van der Waals surface area contributed by atoms with Gasteiger partial charge in [0.15, 0.2) is 17.5 Å². The summed E-state index contributed by atoms with van der Waals surface area (Å²) in [5.74, 6) is 2.14. The number of benzene rings is 20. The molecule has 139 heavy (non-hydrogen) atoms. The number of pyridine rings is 1. The Kier molecular flexibility index (Phi) is 23.5. The lowest BCUT2D eigenvalue weighted by Crippen LogP contribution is -1.96. The first kappa shape index (κ1) is 84.6. The summed E-state index contributed by atoms with van der Waals surface area (Å²) in [6, 6.07) is 180. The van der Waals surface area contributed by atoms with Gasteiger partial charge in [0.25, 0.3) is 0 Å². The molecule has 0 aliphatic carbocycles. The van der Waals surface area contributed by atoms with Crippen LogP contribution in [-0.4, -0.2) is 34.9 Å². The number of furan rings is 1. The van der Waals surface area contributed by atoms with E-state index in [1.165, 1.54) is 66.4 Å². The van der Waals surface area contributed by atoms with Gasteiger partial charge in [-0.1, -0.05) is 473 Å². The van der Waals surface area contributed by atoms with E-state index < -0.39 is 0 Å². The summed E-state index contributed by atoms with van der Waals surface area (Å²) in [4.78, 5) is 35.2. The summed E-state index contributed by atoms with van der Waals surface area (Å²) in [6.45, 7) is 0. The first-order valence-corrected chi connectivity index (χ1v) is 46.8. The molecular formula is C131H87N7O. The summed E-state index contributed by atoms with van der Waals surface area (Å²) >= 11 is 0. The maximum atomic E-state index is 6.33. The van der Waals surface area contributed by atoms with Gasteiger partial charge in [0.1, 0.15) is 11.2 Å². The minimum Gasteiger partial charge on any atom is -0.455 e. The quantitative estimate of drug-likeness (QED) is 0.0888. The van der Waals surface area contributed by atoms with E-state index in [1.54, 1.807) is 6.20 Å². The molecule has 0 amide bonds. The van der Waals surface area contributed by atoms with Crippen LogP contribution >= 0.6 is 0 Å². The van der Waals surface area contributed by atoms with Crippen LogP contribution in [0.3, 0.4) is 0 Å². The number of hydrogen-bond acceptors (Lipinski definition) is 8. The van der Waals surface area contributed by atoms with Gasteiger partial charge in [0.05, 0.1) is 34.2 Å². The molecule has 0 aliphatic rings. The molecule has 5 aromatic heterocycles. The van der Waals surface area contributed by atoms with Gasteiger partial charge in [-0.2, -0.15) is 0 Å². The second-order valence-corrected chi connectivity index (χ2v) is 34.6. The number of hydrogen-bond donors (Lipinski definition) is 0. The van der Waals surface area contributed by atoms with Crippen molar-refractivity contribution in [2.75, 3.05) is 0 Å². The highest BCUT2D eigenvalue weighted by Crippen LogP contribution is 2.42. The molecule has 0 unspecified atom stereocenters. The molecule has 8 heteroatoms. The molecule has 25 aromatic rings. The molecule has 0 saturated heterocycles. The molecule has 0 aliphatic heterocycles. The Hall–Kier alpha value is -18.6. The van der Waals surface area contributed by atoms with E-state index in [0.29, 0.717) is 11.6 Å². The molecular weight excluding hydrogens is 1690 g/mol. The Bertz CT molecular complexity index is 8380. The highest BCUT2D eigenvalue weighted by Gasteiger charge is 2.21. The topological polar surface area (TPSA) is 103 Å². The van der Waals surface area contributed by atoms with Crippen LogP contribution in [0.2, 0.25) is 0 Å². The summed E-state index contributed by atoms with van der Waals surface area (Å²) in [7, 11) is 0. The number of fused-ring (bicyclic) bond motifs is 6. The van der Waals surface area contributed by atoms with E-state index in [2.05, 4.69) is 484 Å². The number of rotatable bonds is 17. The first-order chi connectivity index (χ1) is 68.8. The monoisotopic (exact) mass is 1770 g/mol. The zero-order chi connectivity index (χ0) is 92.6. The van der Waals surface area contributed by atoms with Crippen molar-refractivity contribution in [2.24, 2.45) is 0 Å². The third-order valence-corrected chi connectivity index (χ3v) is 25.9. The Morgan fingerprint density at radius 1 is 0.144 bits per heavy atom. The minimum atomic E-state index is 0.706. The van der Waals surface area contributed by atoms with E-state index in [4.69, 9.17) is 34.3 Å². The largest absolute Gasteiger partial charge is 0.455 e. The van der Waals surface area contributed by atoms with E-state index in [9.17, 15) is 0 Å². The molecule has 0 bridgehead atoms. The molecule has 0 radical (unpaired) electrons. The molecule has 0 fully saturated rings. The highest BCUT2D eigenvalue weighted by atomic mass is 16.3. The number of aromatic nitrogens is 7. The third-order valence-electron chi connectivity index (χ3n) is 25.9. The predicted molar refractivity (Wildman–Crippen MR) is 576 cm³/mol. The lowest BCUT2D eigenvalue weighted by Gasteiger charge is -2.12.